The molecule has 1 aromatic carbocycles. The SMILES string of the molecule is CCCOc1ccc(CC(N)C(=O)OCC)cc1. The van der Waals surface area contributed by atoms with Crippen LogP contribution < -0.4 is 10.5 Å². The molecule has 0 amide bonds. The molecule has 0 aliphatic carbocycles. The minimum atomic E-state index is -0.604. The molecule has 4 heteroatoms. The first-order valence-corrected chi connectivity index (χ1v) is 6.31. The molecule has 0 aliphatic rings. The van der Waals surface area contributed by atoms with Gasteiger partial charge in [0.25, 0.3) is 0 Å². The lowest BCUT2D eigenvalue weighted by molar-refractivity contribution is -0.144. The fourth-order valence-corrected chi connectivity index (χ4v) is 1.53. The largest absolute Gasteiger partial charge is 0.494 e. The quantitative estimate of drug-likeness (QED) is 0.752. The van der Waals surface area contributed by atoms with Crippen LogP contribution in [0.2, 0.25) is 0 Å². The molecule has 1 unspecified atom stereocenters. The number of carbonyl (C=O) groups is 1. The van der Waals surface area contributed by atoms with Gasteiger partial charge in [0.05, 0.1) is 13.2 Å². The number of benzene rings is 1. The van der Waals surface area contributed by atoms with Gasteiger partial charge >= 0.3 is 5.97 Å². The topological polar surface area (TPSA) is 61.5 Å². The molecule has 1 atom stereocenters. The summed E-state index contributed by atoms with van der Waals surface area (Å²) >= 11 is 0. The Bertz CT molecular complexity index is 362. The van der Waals surface area contributed by atoms with Gasteiger partial charge in [0, 0.05) is 0 Å². The van der Waals surface area contributed by atoms with Crippen molar-refractivity contribution in [1.82, 2.24) is 0 Å². The van der Waals surface area contributed by atoms with Gasteiger partial charge in [0.1, 0.15) is 11.8 Å². The Hall–Kier alpha value is -1.55. The second-order valence-corrected chi connectivity index (χ2v) is 4.06. The van der Waals surface area contributed by atoms with Crippen molar-refractivity contribution in [2.24, 2.45) is 5.73 Å². The first-order chi connectivity index (χ1) is 8.67. The molecule has 0 aromatic heterocycles. The highest BCUT2D eigenvalue weighted by Gasteiger charge is 2.14. The molecule has 0 radical (unpaired) electrons. The minimum absolute atomic E-state index is 0.357. The van der Waals surface area contributed by atoms with E-state index in [1.807, 2.05) is 24.3 Å². The van der Waals surface area contributed by atoms with Crippen LogP contribution in [0.4, 0.5) is 0 Å². The van der Waals surface area contributed by atoms with Crippen molar-refractivity contribution in [3.63, 3.8) is 0 Å². The summed E-state index contributed by atoms with van der Waals surface area (Å²) < 4.78 is 10.3. The van der Waals surface area contributed by atoms with Gasteiger partial charge in [-0.1, -0.05) is 19.1 Å². The Labute approximate surface area is 108 Å². The number of carbonyl (C=O) groups excluding carboxylic acids is 1. The van der Waals surface area contributed by atoms with Crippen molar-refractivity contribution in [2.75, 3.05) is 13.2 Å². The Kier molecular flexibility index (Phi) is 6.22. The molecule has 0 heterocycles. The van der Waals surface area contributed by atoms with Crippen molar-refractivity contribution in [1.29, 1.82) is 0 Å². The van der Waals surface area contributed by atoms with Crippen molar-refractivity contribution >= 4 is 5.97 Å². The molecular formula is C14H21NO3. The molecular weight excluding hydrogens is 230 g/mol. The average Bonchev–Trinajstić information content (AvgIpc) is 2.38. The standard InChI is InChI=1S/C14H21NO3/c1-3-9-18-12-7-5-11(6-8-12)10-13(15)14(16)17-4-2/h5-8,13H,3-4,9-10,15H2,1-2H3. The zero-order valence-corrected chi connectivity index (χ0v) is 11.0. The maximum absolute atomic E-state index is 11.4. The van der Waals surface area contributed by atoms with E-state index in [9.17, 15) is 4.79 Å². The number of hydrogen-bond acceptors (Lipinski definition) is 4. The summed E-state index contributed by atoms with van der Waals surface area (Å²) in [6, 6.07) is 7.02. The summed E-state index contributed by atoms with van der Waals surface area (Å²) in [5, 5.41) is 0. The molecule has 0 spiro atoms. The predicted molar refractivity (Wildman–Crippen MR) is 70.5 cm³/mol. The van der Waals surface area contributed by atoms with Crippen LogP contribution in [-0.4, -0.2) is 25.2 Å². The van der Waals surface area contributed by atoms with E-state index in [2.05, 4.69) is 6.92 Å². The van der Waals surface area contributed by atoms with Gasteiger partial charge in [-0.25, -0.2) is 0 Å². The van der Waals surface area contributed by atoms with Gasteiger partial charge in [-0.3, -0.25) is 4.79 Å². The average molecular weight is 251 g/mol. The molecule has 2 N–H and O–H groups in total. The van der Waals surface area contributed by atoms with Gasteiger partial charge in [0.2, 0.25) is 0 Å². The second-order valence-electron chi connectivity index (χ2n) is 4.06. The lowest BCUT2D eigenvalue weighted by Crippen LogP contribution is -2.34. The van der Waals surface area contributed by atoms with Crippen molar-refractivity contribution < 1.29 is 14.3 Å². The van der Waals surface area contributed by atoms with Crippen LogP contribution in [0, 0.1) is 0 Å². The van der Waals surface area contributed by atoms with Crippen molar-refractivity contribution in [3.8, 4) is 5.75 Å². The molecule has 1 aromatic rings. The van der Waals surface area contributed by atoms with Gasteiger partial charge in [-0.2, -0.15) is 0 Å². The van der Waals surface area contributed by atoms with Crippen LogP contribution in [0.1, 0.15) is 25.8 Å². The number of nitrogens with two attached hydrogens (primary N) is 1. The normalized spacial score (nSPS) is 11.9. The zero-order valence-electron chi connectivity index (χ0n) is 11.0. The van der Waals surface area contributed by atoms with Gasteiger partial charge < -0.3 is 15.2 Å². The van der Waals surface area contributed by atoms with E-state index < -0.39 is 6.04 Å². The number of hydrogen-bond donors (Lipinski definition) is 1. The van der Waals surface area contributed by atoms with Crippen molar-refractivity contribution in [3.05, 3.63) is 29.8 Å². The fraction of sp³-hybridized carbons (Fsp3) is 0.500. The van der Waals surface area contributed by atoms with E-state index in [4.69, 9.17) is 15.2 Å². The van der Waals surface area contributed by atoms with Crippen LogP contribution in [0.3, 0.4) is 0 Å². The minimum Gasteiger partial charge on any atom is -0.494 e. The first kappa shape index (κ1) is 14.5. The summed E-state index contributed by atoms with van der Waals surface area (Å²) in [6.07, 6.45) is 1.46. The number of esters is 1. The molecule has 4 nitrogen and oxygen atoms in total. The lowest BCUT2D eigenvalue weighted by Gasteiger charge is -2.11. The van der Waals surface area contributed by atoms with E-state index in [1.54, 1.807) is 6.92 Å². The molecule has 18 heavy (non-hydrogen) atoms. The molecule has 100 valence electrons. The van der Waals surface area contributed by atoms with E-state index in [0.717, 1.165) is 17.7 Å². The van der Waals surface area contributed by atoms with Gasteiger partial charge in [0.15, 0.2) is 0 Å². The molecule has 0 bridgehead atoms. The van der Waals surface area contributed by atoms with Crippen LogP contribution in [-0.2, 0) is 16.0 Å². The number of rotatable bonds is 7. The van der Waals surface area contributed by atoms with Crippen LogP contribution in [0.25, 0.3) is 0 Å². The maximum Gasteiger partial charge on any atom is 0.323 e. The monoisotopic (exact) mass is 251 g/mol. The van der Waals surface area contributed by atoms with E-state index in [-0.39, 0.29) is 5.97 Å². The molecule has 0 saturated carbocycles. The van der Waals surface area contributed by atoms with E-state index in [1.165, 1.54) is 0 Å². The molecule has 0 saturated heterocycles. The van der Waals surface area contributed by atoms with Crippen LogP contribution >= 0.6 is 0 Å². The third kappa shape index (κ3) is 4.75. The summed E-state index contributed by atoms with van der Waals surface area (Å²) in [6.45, 7) is 4.90. The Morgan fingerprint density at radius 1 is 1.28 bits per heavy atom. The second kappa shape index (κ2) is 7.71. The maximum atomic E-state index is 11.4. The van der Waals surface area contributed by atoms with E-state index in [0.29, 0.717) is 19.6 Å². The van der Waals surface area contributed by atoms with Gasteiger partial charge in [-0.15, -0.1) is 0 Å². The fourth-order valence-electron chi connectivity index (χ4n) is 1.53. The Morgan fingerprint density at radius 2 is 1.94 bits per heavy atom. The van der Waals surface area contributed by atoms with Crippen LogP contribution in [0.15, 0.2) is 24.3 Å². The molecule has 0 fully saturated rings. The van der Waals surface area contributed by atoms with Crippen LogP contribution in [0.5, 0.6) is 5.75 Å². The molecule has 1 rings (SSSR count). The molecule has 0 aliphatic heterocycles. The third-order valence-electron chi connectivity index (χ3n) is 2.44. The summed E-state index contributed by atoms with van der Waals surface area (Å²) in [5.41, 5.74) is 6.75. The first-order valence-electron chi connectivity index (χ1n) is 6.31. The summed E-state index contributed by atoms with van der Waals surface area (Å²) in [5.74, 6) is 0.481. The summed E-state index contributed by atoms with van der Waals surface area (Å²) in [7, 11) is 0. The lowest BCUT2D eigenvalue weighted by atomic mass is 10.1. The third-order valence-corrected chi connectivity index (χ3v) is 2.44. The Balaban J connectivity index is 2.50. The summed E-state index contributed by atoms with van der Waals surface area (Å²) in [4.78, 5) is 11.4. The highest BCUT2D eigenvalue weighted by molar-refractivity contribution is 5.75. The predicted octanol–water partition coefficient (Wildman–Crippen LogP) is 1.91. The highest BCUT2D eigenvalue weighted by Crippen LogP contribution is 2.13. The smallest absolute Gasteiger partial charge is 0.323 e. The zero-order chi connectivity index (χ0) is 13.4. The van der Waals surface area contributed by atoms with Crippen molar-refractivity contribution in [2.45, 2.75) is 32.7 Å². The Morgan fingerprint density at radius 3 is 2.50 bits per heavy atom. The number of ether oxygens (including phenoxy) is 2. The highest BCUT2D eigenvalue weighted by atomic mass is 16.5. The van der Waals surface area contributed by atoms with Gasteiger partial charge in [-0.05, 0) is 37.5 Å². The van der Waals surface area contributed by atoms with E-state index >= 15 is 0 Å².